The van der Waals surface area contributed by atoms with Gasteiger partial charge in [0.05, 0.1) is 0 Å². The maximum Gasteiger partial charge on any atom is 0.303 e. The number of allylic oxidation sites excluding steroid dienone is 2. The minimum atomic E-state index is -1.16. The lowest BCUT2D eigenvalue weighted by molar-refractivity contribution is -0.168. The molecule has 0 radical (unpaired) electrons. The molecule has 0 spiro atoms. The number of ketones is 1. The number of carbonyl (C=O) groups is 2. The summed E-state index contributed by atoms with van der Waals surface area (Å²) in [6.45, 7) is 6.93. The Morgan fingerprint density at radius 2 is 1.93 bits per heavy atom. The van der Waals surface area contributed by atoms with Gasteiger partial charge < -0.3 is 4.74 Å². The monoisotopic (exact) mass is 208 g/mol. The van der Waals surface area contributed by atoms with Crippen LogP contribution < -0.4 is 0 Å². The van der Waals surface area contributed by atoms with Gasteiger partial charge in [-0.3, -0.25) is 9.59 Å². The summed E-state index contributed by atoms with van der Waals surface area (Å²) in [6.07, 6.45) is 6.47. The first kappa shape index (κ1) is 11.7. The molecule has 1 atom stereocenters. The average molecular weight is 208 g/mol. The SMILES string of the molecule is CC(=O)OC1(C(C)(C)C)C=CC=CC1=O. The third-order valence-corrected chi connectivity index (χ3v) is 2.47. The van der Waals surface area contributed by atoms with Gasteiger partial charge in [0.1, 0.15) is 0 Å². The van der Waals surface area contributed by atoms with Crippen LogP contribution >= 0.6 is 0 Å². The van der Waals surface area contributed by atoms with Gasteiger partial charge in [-0.05, 0) is 12.2 Å². The van der Waals surface area contributed by atoms with Crippen LogP contribution in [0.3, 0.4) is 0 Å². The van der Waals surface area contributed by atoms with E-state index in [9.17, 15) is 9.59 Å². The van der Waals surface area contributed by atoms with Crippen molar-refractivity contribution in [3.8, 4) is 0 Å². The zero-order chi connectivity index (χ0) is 11.7. The Morgan fingerprint density at radius 3 is 2.33 bits per heavy atom. The molecule has 0 aromatic rings. The summed E-state index contributed by atoms with van der Waals surface area (Å²) in [7, 11) is 0. The van der Waals surface area contributed by atoms with E-state index in [0.717, 1.165) is 0 Å². The predicted octanol–water partition coefficient (Wildman–Crippen LogP) is 2.03. The maximum absolute atomic E-state index is 11.9. The van der Waals surface area contributed by atoms with Crippen molar-refractivity contribution in [2.75, 3.05) is 0 Å². The largest absolute Gasteiger partial charge is 0.446 e. The van der Waals surface area contributed by atoms with E-state index in [1.807, 2.05) is 20.8 Å². The van der Waals surface area contributed by atoms with Crippen molar-refractivity contribution in [2.24, 2.45) is 5.41 Å². The quantitative estimate of drug-likeness (QED) is 0.619. The van der Waals surface area contributed by atoms with E-state index >= 15 is 0 Å². The normalized spacial score (nSPS) is 25.5. The molecule has 1 unspecified atom stereocenters. The van der Waals surface area contributed by atoms with Gasteiger partial charge in [0.25, 0.3) is 0 Å². The lowest BCUT2D eigenvalue weighted by Crippen LogP contribution is -2.51. The molecule has 0 heterocycles. The van der Waals surface area contributed by atoms with Gasteiger partial charge >= 0.3 is 5.97 Å². The number of hydrogen-bond donors (Lipinski definition) is 0. The lowest BCUT2D eigenvalue weighted by atomic mass is 9.72. The van der Waals surface area contributed by atoms with Crippen LogP contribution in [0.15, 0.2) is 24.3 Å². The summed E-state index contributed by atoms with van der Waals surface area (Å²) < 4.78 is 5.23. The minimum Gasteiger partial charge on any atom is -0.446 e. The van der Waals surface area contributed by atoms with Crippen molar-refractivity contribution >= 4 is 11.8 Å². The fraction of sp³-hybridized carbons (Fsp3) is 0.500. The molecule has 3 nitrogen and oxygen atoms in total. The maximum atomic E-state index is 11.9. The second-order valence-corrected chi connectivity index (χ2v) is 4.66. The van der Waals surface area contributed by atoms with Crippen LogP contribution in [0.2, 0.25) is 0 Å². The van der Waals surface area contributed by atoms with Crippen LogP contribution in [0.5, 0.6) is 0 Å². The number of hydrogen-bond acceptors (Lipinski definition) is 3. The second-order valence-electron chi connectivity index (χ2n) is 4.66. The van der Waals surface area contributed by atoms with Crippen LogP contribution in [0.1, 0.15) is 27.7 Å². The molecule has 0 aliphatic heterocycles. The summed E-state index contributed by atoms with van der Waals surface area (Å²) in [6, 6.07) is 0. The third kappa shape index (κ3) is 2.01. The van der Waals surface area contributed by atoms with E-state index in [1.165, 1.54) is 13.0 Å². The van der Waals surface area contributed by atoms with Crippen LogP contribution in [0, 0.1) is 5.41 Å². The fourth-order valence-electron chi connectivity index (χ4n) is 1.62. The van der Waals surface area contributed by atoms with E-state index in [1.54, 1.807) is 18.2 Å². The van der Waals surface area contributed by atoms with Crippen molar-refractivity contribution in [3.05, 3.63) is 24.3 Å². The first-order chi connectivity index (χ1) is 6.79. The number of ether oxygens (including phenoxy) is 1. The van der Waals surface area contributed by atoms with Gasteiger partial charge in [0.15, 0.2) is 5.60 Å². The van der Waals surface area contributed by atoms with E-state index in [4.69, 9.17) is 4.74 Å². The van der Waals surface area contributed by atoms with Crippen molar-refractivity contribution < 1.29 is 14.3 Å². The molecule has 0 saturated heterocycles. The fourth-order valence-corrected chi connectivity index (χ4v) is 1.62. The Labute approximate surface area is 89.8 Å². The molecule has 15 heavy (non-hydrogen) atoms. The summed E-state index contributed by atoms with van der Waals surface area (Å²) in [5, 5.41) is 0. The highest BCUT2D eigenvalue weighted by molar-refractivity contribution is 6.02. The second kappa shape index (κ2) is 3.65. The van der Waals surface area contributed by atoms with Crippen molar-refractivity contribution in [1.29, 1.82) is 0 Å². The smallest absolute Gasteiger partial charge is 0.303 e. The average Bonchev–Trinajstić information content (AvgIpc) is 2.06. The van der Waals surface area contributed by atoms with E-state index in [2.05, 4.69) is 0 Å². The molecular weight excluding hydrogens is 192 g/mol. The molecule has 0 N–H and O–H groups in total. The topological polar surface area (TPSA) is 43.4 Å². The zero-order valence-electron chi connectivity index (χ0n) is 9.53. The van der Waals surface area contributed by atoms with E-state index in [0.29, 0.717) is 0 Å². The third-order valence-electron chi connectivity index (χ3n) is 2.47. The molecule has 0 amide bonds. The molecule has 1 aliphatic rings. The molecule has 0 aromatic carbocycles. The molecule has 0 fully saturated rings. The molecule has 1 rings (SSSR count). The van der Waals surface area contributed by atoms with Gasteiger partial charge in [-0.15, -0.1) is 0 Å². The standard InChI is InChI=1S/C12H16O3/c1-9(13)15-12(11(2,3)4)8-6-5-7-10(12)14/h5-8H,1-4H3. The Morgan fingerprint density at radius 1 is 1.33 bits per heavy atom. The van der Waals surface area contributed by atoms with Gasteiger partial charge in [0, 0.05) is 12.3 Å². The molecule has 0 bridgehead atoms. The van der Waals surface area contributed by atoms with Gasteiger partial charge in [-0.1, -0.05) is 32.9 Å². The number of rotatable bonds is 1. The molecule has 0 saturated carbocycles. The Hall–Kier alpha value is -1.38. The molecular formula is C12H16O3. The van der Waals surface area contributed by atoms with Gasteiger partial charge in [0.2, 0.25) is 5.78 Å². The summed E-state index contributed by atoms with van der Waals surface area (Å²) in [4.78, 5) is 23.0. The first-order valence-electron chi connectivity index (χ1n) is 4.89. The molecule has 82 valence electrons. The van der Waals surface area contributed by atoms with Gasteiger partial charge in [-0.25, -0.2) is 0 Å². The van der Waals surface area contributed by atoms with Crippen molar-refractivity contribution in [3.63, 3.8) is 0 Å². The van der Waals surface area contributed by atoms with Crippen molar-refractivity contribution in [2.45, 2.75) is 33.3 Å². The highest BCUT2D eigenvalue weighted by Crippen LogP contribution is 2.38. The van der Waals surface area contributed by atoms with Crippen LogP contribution in [-0.2, 0) is 14.3 Å². The first-order valence-corrected chi connectivity index (χ1v) is 4.89. The molecule has 3 heteroatoms. The van der Waals surface area contributed by atoms with Crippen molar-refractivity contribution in [1.82, 2.24) is 0 Å². The molecule has 1 aliphatic carbocycles. The van der Waals surface area contributed by atoms with E-state index < -0.39 is 17.0 Å². The van der Waals surface area contributed by atoms with Crippen LogP contribution in [-0.4, -0.2) is 17.4 Å². The highest BCUT2D eigenvalue weighted by atomic mass is 16.6. The Kier molecular flexibility index (Phi) is 2.84. The lowest BCUT2D eigenvalue weighted by Gasteiger charge is -2.40. The van der Waals surface area contributed by atoms with Crippen LogP contribution in [0.25, 0.3) is 0 Å². The Bertz CT molecular complexity index is 344. The summed E-state index contributed by atoms with van der Waals surface area (Å²) in [5.41, 5.74) is -1.62. The number of carbonyl (C=O) groups excluding carboxylic acids is 2. The minimum absolute atomic E-state index is 0.187. The highest BCUT2D eigenvalue weighted by Gasteiger charge is 2.49. The Balaban J connectivity index is 3.18. The molecule has 0 aromatic heterocycles. The van der Waals surface area contributed by atoms with E-state index in [-0.39, 0.29) is 5.78 Å². The zero-order valence-corrected chi connectivity index (χ0v) is 9.53. The summed E-state index contributed by atoms with van der Waals surface area (Å²) >= 11 is 0. The van der Waals surface area contributed by atoms with Gasteiger partial charge in [-0.2, -0.15) is 0 Å². The number of esters is 1. The summed E-state index contributed by atoms with van der Waals surface area (Å²) in [5.74, 6) is -0.633. The van der Waals surface area contributed by atoms with Crippen LogP contribution in [0.4, 0.5) is 0 Å². The predicted molar refractivity (Wildman–Crippen MR) is 57.2 cm³/mol.